The molecule has 0 spiro atoms. The summed E-state index contributed by atoms with van der Waals surface area (Å²) in [4.78, 5) is 2.32. The highest BCUT2D eigenvalue weighted by molar-refractivity contribution is 6.42. The first-order valence-corrected chi connectivity index (χ1v) is 6.45. The second kappa shape index (κ2) is 6.03. The molecule has 0 radical (unpaired) electrons. The maximum atomic E-state index is 6.04. The van der Waals surface area contributed by atoms with Gasteiger partial charge in [-0.3, -0.25) is 4.90 Å². The number of hydrogen-bond donors (Lipinski definition) is 1. The van der Waals surface area contributed by atoms with E-state index in [4.69, 9.17) is 33.7 Å². The molecule has 0 saturated carbocycles. The topological polar surface area (TPSA) is 38.5 Å². The van der Waals surface area contributed by atoms with Crippen molar-refractivity contribution < 1.29 is 4.74 Å². The van der Waals surface area contributed by atoms with Gasteiger partial charge in [0.15, 0.2) is 0 Å². The molecule has 1 heterocycles. The van der Waals surface area contributed by atoms with Crippen molar-refractivity contribution in [3.8, 4) is 0 Å². The van der Waals surface area contributed by atoms with Gasteiger partial charge in [0, 0.05) is 25.7 Å². The highest BCUT2D eigenvalue weighted by atomic mass is 35.5. The van der Waals surface area contributed by atoms with Crippen molar-refractivity contribution in [3.05, 3.63) is 33.8 Å². The second-order valence-corrected chi connectivity index (χ2v) is 4.89. The van der Waals surface area contributed by atoms with Gasteiger partial charge in [-0.1, -0.05) is 29.3 Å². The maximum absolute atomic E-state index is 6.04. The van der Waals surface area contributed by atoms with Gasteiger partial charge in [0.2, 0.25) is 0 Å². The van der Waals surface area contributed by atoms with Crippen LogP contribution < -0.4 is 5.73 Å². The van der Waals surface area contributed by atoms with Crippen LogP contribution in [-0.4, -0.2) is 37.7 Å². The van der Waals surface area contributed by atoms with Crippen LogP contribution in [0.3, 0.4) is 0 Å². The Kier molecular flexibility index (Phi) is 4.65. The van der Waals surface area contributed by atoms with Crippen molar-refractivity contribution in [2.75, 3.05) is 32.8 Å². The van der Waals surface area contributed by atoms with Crippen LogP contribution in [0.15, 0.2) is 18.2 Å². The zero-order chi connectivity index (χ0) is 12.3. The molecule has 1 aliphatic heterocycles. The van der Waals surface area contributed by atoms with Gasteiger partial charge in [0.1, 0.15) is 0 Å². The molecule has 94 valence electrons. The van der Waals surface area contributed by atoms with E-state index in [2.05, 4.69) is 4.90 Å². The highest BCUT2D eigenvalue weighted by Crippen LogP contribution is 2.28. The van der Waals surface area contributed by atoms with Crippen LogP contribution in [0.1, 0.15) is 11.6 Å². The fraction of sp³-hybridized carbons (Fsp3) is 0.500. The van der Waals surface area contributed by atoms with Gasteiger partial charge in [-0.2, -0.15) is 0 Å². The van der Waals surface area contributed by atoms with Crippen LogP contribution in [0.4, 0.5) is 0 Å². The fourth-order valence-electron chi connectivity index (χ4n) is 2.10. The third-order valence-corrected chi connectivity index (χ3v) is 3.78. The standard InChI is InChI=1S/C12H16Cl2N2O/c13-10-2-1-9(7-11(10)14)12(8-15)16-3-5-17-6-4-16/h1-2,7,12H,3-6,8,15H2/t12-/m0/s1. The Hall–Kier alpha value is -0.320. The predicted octanol–water partition coefficient (Wildman–Crippen LogP) is 2.33. The number of morpholine rings is 1. The summed E-state index contributed by atoms with van der Waals surface area (Å²) >= 11 is 12.0. The summed E-state index contributed by atoms with van der Waals surface area (Å²) in [6.45, 7) is 3.90. The lowest BCUT2D eigenvalue weighted by Crippen LogP contribution is -2.41. The summed E-state index contributed by atoms with van der Waals surface area (Å²) in [5.41, 5.74) is 6.98. The van der Waals surface area contributed by atoms with Crippen molar-refractivity contribution in [1.82, 2.24) is 4.90 Å². The molecule has 1 fully saturated rings. The lowest BCUT2D eigenvalue weighted by molar-refractivity contribution is 0.0179. The summed E-state index contributed by atoms with van der Waals surface area (Å²) in [5.74, 6) is 0. The monoisotopic (exact) mass is 274 g/mol. The van der Waals surface area contributed by atoms with E-state index in [-0.39, 0.29) is 6.04 Å². The summed E-state index contributed by atoms with van der Waals surface area (Å²) in [5, 5.41) is 1.16. The van der Waals surface area contributed by atoms with Gasteiger partial charge in [-0.15, -0.1) is 0 Å². The number of nitrogens with two attached hydrogens (primary N) is 1. The number of ether oxygens (including phenoxy) is 1. The molecule has 0 unspecified atom stereocenters. The van der Waals surface area contributed by atoms with Gasteiger partial charge in [0.25, 0.3) is 0 Å². The maximum Gasteiger partial charge on any atom is 0.0595 e. The molecule has 2 N–H and O–H groups in total. The number of benzene rings is 1. The second-order valence-electron chi connectivity index (χ2n) is 4.07. The zero-order valence-electron chi connectivity index (χ0n) is 9.53. The van der Waals surface area contributed by atoms with E-state index in [1.165, 1.54) is 0 Å². The largest absolute Gasteiger partial charge is 0.379 e. The first kappa shape index (κ1) is 13.1. The third-order valence-electron chi connectivity index (χ3n) is 3.04. The zero-order valence-corrected chi connectivity index (χ0v) is 11.0. The molecule has 0 aromatic heterocycles. The normalized spacial score (nSPS) is 19.2. The van der Waals surface area contributed by atoms with Gasteiger partial charge in [-0.25, -0.2) is 0 Å². The molecule has 3 nitrogen and oxygen atoms in total. The lowest BCUT2D eigenvalue weighted by atomic mass is 10.1. The minimum atomic E-state index is 0.189. The Bertz CT molecular complexity index is 381. The molecule has 17 heavy (non-hydrogen) atoms. The van der Waals surface area contributed by atoms with Gasteiger partial charge in [0.05, 0.1) is 23.3 Å². The molecule has 1 atom stereocenters. The fourth-order valence-corrected chi connectivity index (χ4v) is 2.41. The number of rotatable bonds is 3. The average Bonchev–Trinajstić information content (AvgIpc) is 2.36. The van der Waals surface area contributed by atoms with E-state index in [1.54, 1.807) is 0 Å². The Morgan fingerprint density at radius 1 is 1.24 bits per heavy atom. The van der Waals surface area contributed by atoms with Crippen LogP contribution in [0.2, 0.25) is 10.0 Å². The van der Waals surface area contributed by atoms with Crippen molar-refractivity contribution in [2.45, 2.75) is 6.04 Å². The number of hydrogen-bond acceptors (Lipinski definition) is 3. The summed E-state index contributed by atoms with van der Waals surface area (Å²) in [6, 6.07) is 5.90. The van der Waals surface area contributed by atoms with Crippen LogP contribution in [0, 0.1) is 0 Å². The number of nitrogens with zero attached hydrogens (tertiary/aromatic N) is 1. The lowest BCUT2D eigenvalue weighted by Gasteiger charge is -2.34. The van der Waals surface area contributed by atoms with Crippen LogP contribution in [-0.2, 0) is 4.74 Å². The van der Waals surface area contributed by atoms with Crippen molar-refractivity contribution in [2.24, 2.45) is 5.73 Å². The Morgan fingerprint density at radius 3 is 2.53 bits per heavy atom. The molecule has 1 saturated heterocycles. The van der Waals surface area contributed by atoms with Gasteiger partial charge >= 0.3 is 0 Å². The minimum absolute atomic E-state index is 0.189. The van der Waals surface area contributed by atoms with Gasteiger partial charge in [-0.05, 0) is 17.7 Å². The van der Waals surface area contributed by atoms with E-state index in [1.807, 2.05) is 18.2 Å². The SMILES string of the molecule is NC[C@@H](c1ccc(Cl)c(Cl)c1)N1CCOCC1. The quantitative estimate of drug-likeness (QED) is 0.920. The van der Waals surface area contributed by atoms with Crippen LogP contribution in [0.25, 0.3) is 0 Å². The van der Waals surface area contributed by atoms with Crippen molar-refractivity contribution in [1.29, 1.82) is 0 Å². The smallest absolute Gasteiger partial charge is 0.0595 e. The summed E-state index contributed by atoms with van der Waals surface area (Å²) in [7, 11) is 0. The highest BCUT2D eigenvalue weighted by Gasteiger charge is 2.21. The first-order valence-electron chi connectivity index (χ1n) is 5.69. The van der Waals surface area contributed by atoms with E-state index < -0.39 is 0 Å². The summed E-state index contributed by atoms with van der Waals surface area (Å²) < 4.78 is 5.34. The van der Waals surface area contributed by atoms with E-state index in [9.17, 15) is 0 Å². The molecule has 5 heteroatoms. The molecule has 2 rings (SSSR count). The molecule has 0 amide bonds. The summed E-state index contributed by atoms with van der Waals surface area (Å²) in [6.07, 6.45) is 0. The first-order chi connectivity index (χ1) is 8.22. The Labute approximate surface area is 111 Å². The Morgan fingerprint density at radius 2 is 1.94 bits per heavy atom. The minimum Gasteiger partial charge on any atom is -0.379 e. The molecular weight excluding hydrogens is 259 g/mol. The Balaban J connectivity index is 2.18. The van der Waals surface area contributed by atoms with E-state index in [0.29, 0.717) is 16.6 Å². The van der Waals surface area contributed by atoms with Crippen molar-refractivity contribution in [3.63, 3.8) is 0 Å². The molecule has 0 aliphatic carbocycles. The number of halogens is 2. The van der Waals surface area contributed by atoms with E-state index >= 15 is 0 Å². The molecule has 0 bridgehead atoms. The van der Waals surface area contributed by atoms with E-state index in [0.717, 1.165) is 31.9 Å². The van der Waals surface area contributed by atoms with Crippen LogP contribution in [0.5, 0.6) is 0 Å². The third kappa shape index (κ3) is 3.12. The predicted molar refractivity (Wildman–Crippen MR) is 70.6 cm³/mol. The van der Waals surface area contributed by atoms with Crippen LogP contribution >= 0.6 is 23.2 Å². The molecule has 1 aromatic carbocycles. The molecule has 1 aromatic rings. The average molecular weight is 275 g/mol. The van der Waals surface area contributed by atoms with Crippen molar-refractivity contribution >= 4 is 23.2 Å². The molecular formula is C12H16Cl2N2O. The molecule has 1 aliphatic rings. The van der Waals surface area contributed by atoms with Gasteiger partial charge < -0.3 is 10.5 Å².